The van der Waals surface area contributed by atoms with Crippen LogP contribution in [0.2, 0.25) is 5.02 Å². The van der Waals surface area contributed by atoms with Gasteiger partial charge in [-0.25, -0.2) is 0 Å². The number of aromatic nitrogens is 2. The Labute approximate surface area is 165 Å². The number of allylic oxidation sites excluding steroid dienone is 1. The van der Waals surface area contributed by atoms with E-state index in [2.05, 4.69) is 5.10 Å². The predicted octanol–water partition coefficient (Wildman–Crippen LogP) is 4.36. The third-order valence-electron chi connectivity index (χ3n) is 3.91. The van der Waals surface area contributed by atoms with Gasteiger partial charge in [-0.3, -0.25) is 19.6 Å². The van der Waals surface area contributed by atoms with Crippen LogP contribution in [0.4, 0.5) is 5.69 Å². The minimum absolute atomic E-state index is 0.189. The van der Waals surface area contributed by atoms with E-state index in [0.717, 1.165) is 5.56 Å². The summed E-state index contributed by atoms with van der Waals surface area (Å²) < 4.78 is 12.5. The molecule has 28 heavy (non-hydrogen) atoms. The maximum absolute atomic E-state index is 12.2. The molecule has 0 N–H and O–H groups in total. The Hall–Kier alpha value is -3.39. The zero-order valence-electron chi connectivity index (χ0n) is 15.1. The van der Waals surface area contributed by atoms with Gasteiger partial charge in [0.15, 0.2) is 0 Å². The van der Waals surface area contributed by atoms with Gasteiger partial charge in [0.2, 0.25) is 11.5 Å². The van der Waals surface area contributed by atoms with Gasteiger partial charge in [0.05, 0.1) is 4.92 Å². The van der Waals surface area contributed by atoms with Gasteiger partial charge in [-0.15, -0.1) is 0 Å². The highest BCUT2D eigenvalue weighted by atomic mass is 35.5. The van der Waals surface area contributed by atoms with Crippen LogP contribution in [0, 0.1) is 17.0 Å². The fourth-order valence-corrected chi connectivity index (χ4v) is 2.64. The van der Waals surface area contributed by atoms with E-state index in [0.29, 0.717) is 22.3 Å². The Bertz CT molecular complexity index is 1070. The third-order valence-corrected chi connectivity index (χ3v) is 4.32. The largest absolute Gasteiger partial charge is 0.485 e. The molecule has 3 aromatic rings. The van der Waals surface area contributed by atoms with Crippen molar-refractivity contribution in [3.05, 3.63) is 80.5 Å². The lowest BCUT2D eigenvalue weighted by molar-refractivity contribution is -0.385. The third kappa shape index (κ3) is 4.29. The molecule has 0 unspecified atom stereocenters. The summed E-state index contributed by atoms with van der Waals surface area (Å²) in [6.07, 6.45) is 3.79. The number of furan rings is 1. The van der Waals surface area contributed by atoms with Crippen LogP contribution in [-0.2, 0) is 13.7 Å². The van der Waals surface area contributed by atoms with E-state index in [9.17, 15) is 14.9 Å². The second-order valence-corrected chi connectivity index (χ2v) is 6.35. The van der Waals surface area contributed by atoms with Crippen molar-refractivity contribution in [3.63, 3.8) is 0 Å². The first kappa shape index (κ1) is 19.4. The van der Waals surface area contributed by atoms with Crippen LogP contribution >= 0.6 is 11.6 Å². The van der Waals surface area contributed by atoms with E-state index < -0.39 is 10.7 Å². The Morgan fingerprint density at radius 2 is 2.18 bits per heavy atom. The quantitative estimate of drug-likeness (QED) is 0.252. The molecule has 0 radical (unpaired) electrons. The van der Waals surface area contributed by atoms with E-state index in [4.69, 9.17) is 20.8 Å². The zero-order chi connectivity index (χ0) is 20.3. The number of hydrogen-bond acceptors (Lipinski definition) is 6. The van der Waals surface area contributed by atoms with Crippen molar-refractivity contribution in [2.75, 3.05) is 0 Å². The second-order valence-electron chi connectivity index (χ2n) is 5.95. The molecule has 3 rings (SSSR count). The number of hydrogen-bond donors (Lipinski definition) is 0. The number of nitro groups is 1. The van der Waals surface area contributed by atoms with E-state index in [1.807, 2.05) is 13.0 Å². The molecule has 9 heteroatoms. The van der Waals surface area contributed by atoms with Crippen LogP contribution in [-0.4, -0.2) is 20.5 Å². The molecule has 0 saturated heterocycles. The Morgan fingerprint density at radius 3 is 2.93 bits per heavy atom. The molecule has 144 valence electrons. The monoisotopic (exact) mass is 401 g/mol. The lowest BCUT2D eigenvalue weighted by Crippen LogP contribution is -2.00. The summed E-state index contributed by atoms with van der Waals surface area (Å²) in [5.74, 6) is 1.03. The van der Waals surface area contributed by atoms with Crippen LogP contribution in [0.1, 0.15) is 27.6 Å². The van der Waals surface area contributed by atoms with Crippen LogP contribution in [0.3, 0.4) is 0 Å². The molecule has 0 aliphatic heterocycles. The van der Waals surface area contributed by atoms with Crippen LogP contribution in [0.15, 0.2) is 47.0 Å². The molecule has 0 aliphatic rings. The Balaban J connectivity index is 1.66. The highest BCUT2D eigenvalue weighted by Crippen LogP contribution is 2.26. The van der Waals surface area contributed by atoms with E-state index in [1.165, 1.54) is 30.1 Å². The van der Waals surface area contributed by atoms with E-state index >= 15 is 0 Å². The number of aryl methyl sites for hydroxylation is 1. The number of rotatable bonds is 7. The van der Waals surface area contributed by atoms with Gasteiger partial charge in [-0.05, 0) is 43.3 Å². The maximum atomic E-state index is 12.2. The minimum atomic E-state index is -0.645. The normalized spacial score (nSPS) is 11.1. The smallest absolute Gasteiger partial charge is 0.318 e. The SMILES string of the molecule is Cc1c(Cl)cccc1OCc1ccc(/C=C/C(=O)c2nn(C)cc2[N+](=O)[O-])o1. The first-order valence-electron chi connectivity index (χ1n) is 8.22. The van der Waals surface area contributed by atoms with Gasteiger partial charge in [-0.2, -0.15) is 5.10 Å². The zero-order valence-corrected chi connectivity index (χ0v) is 15.8. The summed E-state index contributed by atoms with van der Waals surface area (Å²) in [6, 6.07) is 8.77. The fraction of sp³-hybridized carbons (Fsp3) is 0.158. The molecule has 0 aliphatic carbocycles. The van der Waals surface area contributed by atoms with Gasteiger partial charge < -0.3 is 9.15 Å². The lowest BCUT2D eigenvalue weighted by atomic mass is 10.2. The van der Waals surface area contributed by atoms with Crippen molar-refractivity contribution < 1.29 is 18.9 Å². The van der Waals surface area contributed by atoms with Gasteiger partial charge in [0.1, 0.15) is 30.1 Å². The Morgan fingerprint density at radius 1 is 1.39 bits per heavy atom. The van der Waals surface area contributed by atoms with E-state index in [-0.39, 0.29) is 18.0 Å². The summed E-state index contributed by atoms with van der Waals surface area (Å²) in [5, 5.41) is 15.4. The van der Waals surface area contributed by atoms with Gasteiger partial charge in [-0.1, -0.05) is 17.7 Å². The van der Waals surface area contributed by atoms with E-state index in [1.54, 1.807) is 24.3 Å². The van der Waals surface area contributed by atoms with Crippen molar-refractivity contribution in [1.29, 1.82) is 0 Å². The highest BCUT2D eigenvalue weighted by molar-refractivity contribution is 6.31. The second kappa shape index (κ2) is 8.10. The van der Waals surface area contributed by atoms with Crippen molar-refractivity contribution in [3.8, 4) is 5.75 Å². The Kier molecular flexibility index (Phi) is 5.60. The number of ketones is 1. The van der Waals surface area contributed by atoms with Crippen molar-refractivity contribution in [1.82, 2.24) is 9.78 Å². The molecule has 0 amide bonds. The van der Waals surface area contributed by atoms with Crippen molar-refractivity contribution >= 4 is 29.1 Å². The molecule has 8 nitrogen and oxygen atoms in total. The van der Waals surface area contributed by atoms with Gasteiger partial charge in [0.25, 0.3) is 0 Å². The topological polar surface area (TPSA) is 100 Å². The molecular weight excluding hydrogens is 386 g/mol. The van der Waals surface area contributed by atoms with Crippen molar-refractivity contribution in [2.24, 2.45) is 7.05 Å². The number of carbonyl (C=O) groups is 1. The summed E-state index contributed by atoms with van der Waals surface area (Å²) in [5.41, 5.74) is 0.260. The molecule has 0 atom stereocenters. The standard InChI is InChI=1S/C19H16ClN3O5/c1-12-15(20)4-3-5-18(12)27-11-14-7-6-13(28-14)8-9-17(24)19-16(23(25)26)10-22(2)21-19/h3-10H,11H2,1-2H3/b9-8+. The fourth-order valence-electron chi connectivity index (χ4n) is 2.48. The number of nitrogens with zero attached hydrogens (tertiary/aromatic N) is 3. The maximum Gasteiger partial charge on any atom is 0.318 e. The summed E-state index contributed by atoms with van der Waals surface area (Å²) >= 11 is 6.06. The van der Waals surface area contributed by atoms with Gasteiger partial charge in [0, 0.05) is 17.6 Å². The molecule has 0 saturated carbocycles. The van der Waals surface area contributed by atoms with Crippen molar-refractivity contribution in [2.45, 2.75) is 13.5 Å². The molecule has 0 bridgehead atoms. The van der Waals surface area contributed by atoms with Gasteiger partial charge >= 0.3 is 5.69 Å². The number of carbonyl (C=O) groups excluding carboxylic acids is 1. The van der Waals surface area contributed by atoms with Crippen LogP contribution < -0.4 is 4.74 Å². The molecular formula is C19H16ClN3O5. The molecule has 2 aromatic heterocycles. The molecule has 0 spiro atoms. The summed E-state index contributed by atoms with van der Waals surface area (Å²) in [6.45, 7) is 2.05. The summed E-state index contributed by atoms with van der Waals surface area (Å²) in [7, 11) is 1.51. The molecule has 0 fully saturated rings. The van der Waals surface area contributed by atoms with Crippen LogP contribution in [0.25, 0.3) is 6.08 Å². The average molecular weight is 402 g/mol. The number of halogens is 1. The molecule has 1 aromatic carbocycles. The highest BCUT2D eigenvalue weighted by Gasteiger charge is 2.23. The summed E-state index contributed by atoms with van der Waals surface area (Å²) in [4.78, 5) is 22.5. The number of ether oxygens (including phenoxy) is 1. The average Bonchev–Trinajstić information content (AvgIpc) is 3.27. The first-order chi connectivity index (χ1) is 13.3. The minimum Gasteiger partial charge on any atom is -0.485 e. The molecule has 2 heterocycles. The first-order valence-corrected chi connectivity index (χ1v) is 8.60. The lowest BCUT2D eigenvalue weighted by Gasteiger charge is -2.08. The van der Waals surface area contributed by atoms with Crippen LogP contribution in [0.5, 0.6) is 5.75 Å². The number of benzene rings is 1. The predicted molar refractivity (Wildman–Crippen MR) is 102 cm³/mol.